The lowest BCUT2D eigenvalue weighted by Gasteiger charge is -2.32. The second-order valence-corrected chi connectivity index (χ2v) is 6.26. The van der Waals surface area contributed by atoms with Gasteiger partial charge >= 0.3 is 19.9 Å². The monoisotopic (exact) mass is 338 g/mol. The number of benzene rings is 1. The fraction of sp³-hybridized carbons (Fsp3) is 0.571. The number of hydrogen-bond donors (Lipinski definition) is 0. The molecule has 0 spiro atoms. The van der Waals surface area contributed by atoms with Gasteiger partial charge in [0.1, 0.15) is 5.75 Å². The fourth-order valence-corrected chi connectivity index (χ4v) is 2.07. The molecular weight excluding hydrogens is 322 g/mol. The molecule has 2 rings (SSSR count). The molecule has 128 valence electrons. The van der Waals surface area contributed by atoms with Gasteiger partial charge in [0.2, 0.25) is 0 Å². The predicted molar refractivity (Wildman–Crippen MR) is 73.8 cm³/mol. The van der Waals surface area contributed by atoms with Crippen LogP contribution in [0.5, 0.6) is 5.75 Å². The molecule has 0 amide bonds. The molecule has 23 heavy (non-hydrogen) atoms. The largest absolute Gasteiger partial charge is 0.494 e. The first-order valence-corrected chi connectivity index (χ1v) is 6.84. The van der Waals surface area contributed by atoms with Gasteiger partial charge in [-0.25, -0.2) is 0 Å². The predicted octanol–water partition coefficient (Wildman–Crippen LogP) is 3.61. The second-order valence-electron chi connectivity index (χ2n) is 6.26. The van der Waals surface area contributed by atoms with Gasteiger partial charge in [0.25, 0.3) is 0 Å². The molecule has 0 N–H and O–H groups in total. The third-order valence-corrected chi connectivity index (χ3v) is 4.01. The van der Waals surface area contributed by atoms with Gasteiger partial charge in [-0.1, -0.05) is 0 Å². The highest BCUT2D eigenvalue weighted by molar-refractivity contribution is 6.62. The smallest absolute Gasteiger partial charge is 0.435 e. The number of ether oxygens (including phenoxy) is 1. The Morgan fingerprint density at radius 2 is 1.52 bits per heavy atom. The summed E-state index contributed by atoms with van der Waals surface area (Å²) in [5.74, 6) is -0.598. The van der Waals surface area contributed by atoms with E-state index in [1.807, 2.05) is 0 Å². The quantitative estimate of drug-likeness (QED) is 0.623. The van der Waals surface area contributed by atoms with Crippen LogP contribution >= 0.6 is 0 Å². The minimum atomic E-state index is -4.71. The summed E-state index contributed by atoms with van der Waals surface area (Å²) in [5.41, 5.74) is -2.68. The first kappa shape index (κ1) is 18.0. The Morgan fingerprint density at radius 1 is 1.00 bits per heavy atom. The van der Waals surface area contributed by atoms with Crippen LogP contribution in [0, 0.1) is 0 Å². The van der Waals surface area contributed by atoms with E-state index in [4.69, 9.17) is 9.31 Å². The van der Waals surface area contributed by atoms with Gasteiger partial charge in [-0.3, -0.25) is 0 Å². The molecule has 1 aromatic rings. The van der Waals surface area contributed by atoms with Gasteiger partial charge in [-0.2, -0.15) is 22.0 Å². The number of halogens is 5. The maximum Gasteiger partial charge on any atom is 0.494 e. The Labute approximate surface area is 130 Å². The molecule has 3 nitrogen and oxygen atoms in total. The molecule has 9 heteroatoms. The van der Waals surface area contributed by atoms with E-state index >= 15 is 0 Å². The molecule has 0 bridgehead atoms. The maximum atomic E-state index is 13.0. The van der Waals surface area contributed by atoms with Gasteiger partial charge in [0.15, 0.2) is 0 Å². The van der Waals surface area contributed by atoms with Gasteiger partial charge in [0, 0.05) is 0 Å². The minimum absolute atomic E-state index is 0.0332. The Hall–Kier alpha value is -1.35. The van der Waals surface area contributed by atoms with Crippen LogP contribution < -0.4 is 10.2 Å². The molecule has 0 saturated carbocycles. The summed E-state index contributed by atoms with van der Waals surface area (Å²) in [5, 5.41) is 0. The average Bonchev–Trinajstić information content (AvgIpc) is 2.56. The topological polar surface area (TPSA) is 27.7 Å². The van der Waals surface area contributed by atoms with Gasteiger partial charge in [-0.05, 0) is 51.4 Å². The van der Waals surface area contributed by atoms with Crippen LogP contribution in [0.2, 0.25) is 0 Å². The third-order valence-electron chi connectivity index (χ3n) is 4.01. The van der Waals surface area contributed by atoms with Crippen LogP contribution in [-0.4, -0.2) is 24.9 Å². The third kappa shape index (κ3) is 3.77. The molecule has 1 aliphatic rings. The van der Waals surface area contributed by atoms with E-state index in [2.05, 4.69) is 4.74 Å². The van der Waals surface area contributed by atoms with Gasteiger partial charge < -0.3 is 14.0 Å². The molecule has 0 aromatic heterocycles. The summed E-state index contributed by atoms with van der Waals surface area (Å²) in [6, 6.07) is 2.38. The number of rotatable bonds is 3. The van der Waals surface area contributed by atoms with Crippen molar-refractivity contribution in [1.29, 1.82) is 0 Å². The summed E-state index contributed by atoms with van der Waals surface area (Å²) in [6.45, 7) is 3.70. The zero-order valence-corrected chi connectivity index (χ0v) is 13.0. The van der Waals surface area contributed by atoms with Crippen molar-refractivity contribution in [3.63, 3.8) is 0 Å². The van der Waals surface area contributed by atoms with Crippen LogP contribution in [0.15, 0.2) is 18.2 Å². The van der Waals surface area contributed by atoms with Crippen molar-refractivity contribution in [2.45, 2.75) is 51.7 Å². The first-order chi connectivity index (χ1) is 10.3. The van der Waals surface area contributed by atoms with Crippen molar-refractivity contribution >= 4 is 12.6 Å². The second kappa shape index (κ2) is 5.63. The van der Waals surface area contributed by atoms with Crippen LogP contribution in [-0.2, 0) is 15.5 Å². The lowest BCUT2D eigenvalue weighted by Crippen LogP contribution is -2.41. The molecule has 1 aromatic carbocycles. The maximum absolute atomic E-state index is 13.0. The molecular formula is C14H16BF5O3. The van der Waals surface area contributed by atoms with Crippen molar-refractivity contribution in [3.8, 4) is 5.75 Å². The normalized spacial score (nSPS) is 20.2. The molecule has 0 aliphatic carbocycles. The number of hydrogen-bond acceptors (Lipinski definition) is 3. The van der Waals surface area contributed by atoms with Crippen LogP contribution in [0.4, 0.5) is 22.0 Å². The minimum Gasteiger partial charge on any atom is -0.435 e. The summed E-state index contributed by atoms with van der Waals surface area (Å²) in [7, 11) is -1.11. The molecule has 0 radical (unpaired) electrons. The molecule has 0 atom stereocenters. The van der Waals surface area contributed by atoms with Crippen LogP contribution in [0.1, 0.15) is 33.3 Å². The standard InChI is InChI=1S/C14H16BF5O3/c1-12(2)13(3,4)23-15(22-12)9-5-8(14(18,19)20)6-10(7-9)21-11(16)17/h5-7,11H,1-4H3. The lowest BCUT2D eigenvalue weighted by atomic mass is 9.78. The van der Waals surface area contributed by atoms with Crippen molar-refractivity contribution in [2.24, 2.45) is 0 Å². The highest BCUT2D eigenvalue weighted by atomic mass is 19.4. The highest BCUT2D eigenvalue weighted by Crippen LogP contribution is 2.37. The summed E-state index contributed by atoms with van der Waals surface area (Å²) >= 11 is 0. The first-order valence-electron chi connectivity index (χ1n) is 6.84. The Kier molecular flexibility index (Phi) is 4.40. The van der Waals surface area contributed by atoms with Gasteiger partial charge in [-0.15, -0.1) is 0 Å². The van der Waals surface area contributed by atoms with Crippen molar-refractivity contribution in [3.05, 3.63) is 23.8 Å². The van der Waals surface area contributed by atoms with E-state index in [0.29, 0.717) is 6.07 Å². The Morgan fingerprint density at radius 3 is 1.96 bits per heavy atom. The van der Waals surface area contributed by atoms with E-state index in [-0.39, 0.29) is 5.46 Å². The Bertz CT molecular complexity index is 570. The zero-order valence-electron chi connectivity index (χ0n) is 13.0. The molecule has 1 heterocycles. The lowest BCUT2D eigenvalue weighted by molar-refractivity contribution is -0.138. The van der Waals surface area contributed by atoms with E-state index in [0.717, 1.165) is 12.1 Å². The fourth-order valence-electron chi connectivity index (χ4n) is 2.07. The molecule has 0 unspecified atom stereocenters. The molecule has 1 aliphatic heterocycles. The zero-order chi connectivity index (χ0) is 17.6. The van der Waals surface area contributed by atoms with Crippen molar-refractivity contribution in [2.75, 3.05) is 0 Å². The van der Waals surface area contributed by atoms with E-state index in [1.165, 1.54) is 0 Å². The number of alkyl halides is 5. The van der Waals surface area contributed by atoms with Crippen molar-refractivity contribution < 1.29 is 36.0 Å². The molecule has 1 saturated heterocycles. The summed E-state index contributed by atoms with van der Waals surface area (Å²) < 4.78 is 78.9. The van der Waals surface area contributed by atoms with E-state index in [1.54, 1.807) is 27.7 Å². The summed E-state index contributed by atoms with van der Waals surface area (Å²) in [6.07, 6.45) is -4.71. The average molecular weight is 338 g/mol. The SMILES string of the molecule is CC1(C)OB(c2cc(OC(F)F)cc(C(F)(F)F)c2)OC1(C)C. The molecule has 1 fully saturated rings. The van der Waals surface area contributed by atoms with Crippen molar-refractivity contribution in [1.82, 2.24) is 0 Å². The Balaban J connectivity index is 2.42. The van der Waals surface area contributed by atoms with Crippen LogP contribution in [0.3, 0.4) is 0 Å². The van der Waals surface area contributed by atoms with E-state index < -0.39 is 42.4 Å². The summed E-state index contributed by atoms with van der Waals surface area (Å²) in [4.78, 5) is 0. The van der Waals surface area contributed by atoms with E-state index in [9.17, 15) is 22.0 Å². The van der Waals surface area contributed by atoms with Gasteiger partial charge in [0.05, 0.1) is 16.8 Å². The highest BCUT2D eigenvalue weighted by Gasteiger charge is 2.52. The van der Waals surface area contributed by atoms with Crippen LogP contribution in [0.25, 0.3) is 0 Å².